The number of hydrogen-bond donors (Lipinski definition) is 2. The highest BCUT2D eigenvalue weighted by Gasteiger charge is 2.10. The zero-order valence-electron chi connectivity index (χ0n) is 16.6. The van der Waals surface area contributed by atoms with Crippen molar-refractivity contribution >= 4 is 22.7 Å². The second kappa shape index (κ2) is 9.27. The normalized spacial score (nSPS) is 10.6. The number of hydrogen-bond acceptors (Lipinski definition) is 4. The van der Waals surface area contributed by atoms with Gasteiger partial charge in [-0.25, -0.2) is 0 Å². The first-order chi connectivity index (χ1) is 14.8. The lowest BCUT2D eigenvalue weighted by atomic mass is 10.0. The Morgan fingerprint density at radius 3 is 1.00 bits per heavy atom. The van der Waals surface area contributed by atoms with Crippen LogP contribution in [0, 0.1) is 0 Å². The second-order valence-corrected chi connectivity index (χ2v) is 6.90. The largest absolute Gasteiger partial charge is 0.376 e. The van der Waals surface area contributed by atoms with Gasteiger partial charge in [-0.1, -0.05) is 60.7 Å². The minimum Gasteiger partial charge on any atom is -0.376 e. The van der Waals surface area contributed by atoms with E-state index >= 15 is 0 Å². The standard InChI is InChI=1S/C26H24N2O2/c29-19-27(23-7-3-1-4-8-23)25-15-11-21(12-16-25)22-13-17-26(18-14-22)28(20-30)24-9-5-2-6-10-24/h1-18,29-30H,19-20H2. The molecule has 0 aliphatic carbocycles. The minimum atomic E-state index is -0.0888. The number of aliphatic hydroxyl groups excluding tert-OH is 2. The van der Waals surface area contributed by atoms with Crippen LogP contribution in [0.25, 0.3) is 11.1 Å². The van der Waals surface area contributed by atoms with Crippen LogP contribution in [0.1, 0.15) is 0 Å². The van der Waals surface area contributed by atoms with E-state index in [1.807, 2.05) is 94.7 Å². The van der Waals surface area contributed by atoms with Crippen molar-refractivity contribution in [2.75, 3.05) is 23.3 Å². The van der Waals surface area contributed by atoms with Crippen molar-refractivity contribution in [1.82, 2.24) is 0 Å². The van der Waals surface area contributed by atoms with Gasteiger partial charge in [0.2, 0.25) is 0 Å². The molecule has 4 aromatic carbocycles. The summed E-state index contributed by atoms with van der Waals surface area (Å²) < 4.78 is 0. The molecule has 0 fully saturated rings. The van der Waals surface area contributed by atoms with Crippen LogP contribution in [0.3, 0.4) is 0 Å². The predicted octanol–water partition coefficient (Wildman–Crippen LogP) is 5.53. The maximum absolute atomic E-state index is 9.82. The van der Waals surface area contributed by atoms with Gasteiger partial charge < -0.3 is 20.0 Å². The molecule has 0 bridgehead atoms. The van der Waals surface area contributed by atoms with Gasteiger partial charge in [0.1, 0.15) is 13.5 Å². The lowest BCUT2D eigenvalue weighted by molar-refractivity contribution is 0.304. The molecule has 0 spiro atoms. The van der Waals surface area contributed by atoms with Crippen LogP contribution in [0.2, 0.25) is 0 Å². The summed E-state index contributed by atoms with van der Waals surface area (Å²) in [7, 11) is 0. The van der Waals surface area contributed by atoms with Crippen LogP contribution in [0.5, 0.6) is 0 Å². The average molecular weight is 396 g/mol. The topological polar surface area (TPSA) is 46.9 Å². The molecule has 2 N–H and O–H groups in total. The monoisotopic (exact) mass is 396 g/mol. The fourth-order valence-electron chi connectivity index (χ4n) is 3.51. The zero-order valence-corrected chi connectivity index (χ0v) is 16.6. The van der Waals surface area contributed by atoms with Gasteiger partial charge in [-0.15, -0.1) is 0 Å². The summed E-state index contributed by atoms with van der Waals surface area (Å²) in [6.07, 6.45) is 0. The van der Waals surface area contributed by atoms with E-state index in [9.17, 15) is 10.2 Å². The van der Waals surface area contributed by atoms with E-state index in [1.54, 1.807) is 0 Å². The van der Waals surface area contributed by atoms with Crippen molar-refractivity contribution in [2.45, 2.75) is 0 Å². The van der Waals surface area contributed by atoms with E-state index in [-0.39, 0.29) is 13.5 Å². The fraction of sp³-hybridized carbons (Fsp3) is 0.0769. The summed E-state index contributed by atoms with van der Waals surface area (Å²) in [4.78, 5) is 3.71. The van der Waals surface area contributed by atoms with Crippen LogP contribution in [0.15, 0.2) is 109 Å². The molecule has 4 nitrogen and oxygen atoms in total. The molecule has 0 unspecified atom stereocenters. The number of para-hydroxylation sites is 2. The maximum atomic E-state index is 9.82. The van der Waals surface area contributed by atoms with Crippen LogP contribution in [0.4, 0.5) is 22.7 Å². The first kappa shape index (κ1) is 19.7. The molecule has 4 aromatic rings. The third-order valence-corrected chi connectivity index (χ3v) is 5.11. The number of benzene rings is 4. The number of aliphatic hydroxyl groups is 2. The summed E-state index contributed by atoms with van der Waals surface area (Å²) in [6.45, 7) is -0.178. The molecule has 0 radical (unpaired) electrons. The molecule has 0 aliphatic heterocycles. The quantitative estimate of drug-likeness (QED) is 0.403. The van der Waals surface area contributed by atoms with Crippen LogP contribution in [-0.2, 0) is 0 Å². The summed E-state index contributed by atoms with van der Waals surface area (Å²) in [5, 5.41) is 19.6. The fourth-order valence-corrected chi connectivity index (χ4v) is 3.51. The van der Waals surface area contributed by atoms with Crippen molar-refractivity contribution in [1.29, 1.82) is 0 Å². The Hall–Kier alpha value is -3.60. The molecule has 0 aromatic heterocycles. The Morgan fingerprint density at radius 1 is 0.400 bits per heavy atom. The molecular weight excluding hydrogens is 372 g/mol. The van der Waals surface area contributed by atoms with Gasteiger partial charge in [-0.05, 0) is 59.7 Å². The molecule has 0 amide bonds. The van der Waals surface area contributed by atoms with Crippen molar-refractivity contribution < 1.29 is 10.2 Å². The molecule has 30 heavy (non-hydrogen) atoms. The highest BCUT2D eigenvalue weighted by Crippen LogP contribution is 2.30. The third kappa shape index (κ3) is 4.20. The van der Waals surface area contributed by atoms with Crippen molar-refractivity contribution in [2.24, 2.45) is 0 Å². The highest BCUT2D eigenvalue weighted by molar-refractivity contribution is 5.72. The second-order valence-electron chi connectivity index (χ2n) is 6.90. The van der Waals surface area contributed by atoms with Gasteiger partial charge in [-0.2, -0.15) is 0 Å². The number of nitrogens with zero attached hydrogens (tertiary/aromatic N) is 2. The van der Waals surface area contributed by atoms with Gasteiger partial charge in [0, 0.05) is 22.7 Å². The molecule has 4 heteroatoms. The van der Waals surface area contributed by atoms with E-state index in [0.29, 0.717) is 0 Å². The average Bonchev–Trinajstić information content (AvgIpc) is 2.82. The van der Waals surface area contributed by atoms with Gasteiger partial charge >= 0.3 is 0 Å². The van der Waals surface area contributed by atoms with Gasteiger partial charge in [0.05, 0.1) is 0 Å². The van der Waals surface area contributed by atoms with Crippen molar-refractivity contribution in [3.8, 4) is 11.1 Å². The van der Waals surface area contributed by atoms with Crippen molar-refractivity contribution in [3.05, 3.63) is 109 Å². The predicted molar refractivity (Wildman–Crippen MR) is 123 cm³/mol. The summed E-state index contributed by atoms with van der Waals surface area (Å²) >= 11 is 0. The van der Waals surface area contributed by atoms with Crippen LogP contribution < -0.4 is 9.80 Å². The molecule has 0 heterocycles. The zero-order chi connectivity index (χ0) is 20.8. The number of rotatable bonds is 7. The van der Waals surface area contributed by atoms with E-state index in [4.69, 9.17) is 0 Å². The van der Waals surface area contributed by atoms with E-state index in [2.05, 4.69) is 24.3 Å². The third-order valence-electron chi connectivity index (χ3n) is 5.11. The van der Waals surface area contributed by atoms with E-state index in [1.165, 1.54) is 0 Å². The lowest BCUT2D eigenvalue weighted by Crippen LogP contribution is -2.17. The number of anilines is 4. The summed E-state index contributed by atoms with van der Waals surface area (Å²) in [5.41, 5.74) is 5.93. The van der Waals surface area contributed by atoms with Crippen LogP contribution in [-0.4, -0.2) is 23.7 Å². The maximum Gasteiger partial charge on any atom is 0.120 e. The summed E-state index contributed by atoms with van der Waals surface area (Å²) in [5.74, 6) is 0. The molecule has 0 saturated carbocycles. The molecule has 0 aliphatic rings. The Kier molecular flexibility index (Phi) is 6.09. The smallest absolute Gasteiger partial charge is 0.120 e. The Labute approximate surface area is 176 Å². The Bertz CT molecular complexity index is 961. The Balaban J connectivity index is 1.55. The molecule has 0 atom stereocenters. The van der Waals surface area contributed by atoms with Crippen molar-refractivity contribution in [3.63, 3.8) is 0 Å². The van der Waals surface area contributed by atoms with E-state index < -0.39 is 0 Å². The molecule has 150 valence electrons. The van der Waals surface area contributed by atoms with E-state index in [0.717, 1.165) is 33.9 Å². The summed E-state index contributed by atoms with van der Waals surface area (Å²) in [6, 6.07) is 35.9. The molecule has 0 saturated heterocycles. The first-order valence-electron chi connectivity index (χ1n) is 9.87. The molecule has 4 rings (SSSR count). The van der Waals surface area contributed by atoms with Gasteiger partial charge in [0.15, 0.2) is 0 Å². The highest BCUT2D eigenvalue weighted by atomic mass is 16.3. The minimum absolute atomic E-state index is 0.0888. The SMILES string of the molecule is OCN(c1ccccc1)c1ccc(-c2ccc(N(CO)c3ccccc3)cc2)cc1. The van der Waals surface area contributed by atoms with Gasteiger partial charge in [0.25, 0.3) is 0 Å². The van der Waals surface area contributed by atoms with Crippen LogP contribution >= 0.6 is 0 Å². The molecular formula is C26H24N2O2. The first-order valence-corrected chi connectivity index (χ1v) is 9.87. The lowest BCUT2D eigenvalue weighted by Gasteiger charge is -2.23. The Morgan fingerprint density at radius 2 is 0.700 bits per heavy atom. The van der Waals surface area contributed by atoms with Gasteiger partial charge in [-0.3, -0.25) is 0 Å².